The number of anilines is 1. The van der Waals surface area contributed by atoms with Crippen molar-refractivity contribution in [2.75, 3.05) is 84.1 Å². The summed E-state index contributed by atoms with van der Waals surface area (Å²) in [6, 6.07) is 17.8. The predicted molar refractivity (Wildman–Crippen MR) is 204 cm³/mol. The van der Waals surface area contributed by atoms with Gasteiger partial charge in [0.15, 0.2) is 0 Å². The van der Waals surface area contributed by atoms with Gasteiger partial charge in [0.05, 0.1) is 38.5 Å². The molecule has 0 spiro atoms. The lowest BCUT2D eigenvalue weighted by molar-refractivity contribution is -0.189. The molecule has 15 heteroatoms. The van der Waals surface area contributed by atoms with E-state index < -0.39 is 24.1 Å². The SMILES string of the molecule is C=CCN1CC(=O)N2[C@@H](Cc3ccc(O)cc3F)C(=O)N(Cc3cccc(N4CC(N(C)CCN5CCOCC5)C4)n3)C[C@@H]2N1C(=O)NCc1ccccc1. The fraction of sp³-hybridized carbons (Fsp3) is 0.450. The molecule has 0 radical (unpaired) electrons. The smallest absolute Gasteiger partial charge is 0.334 e. The Bertz CT molecular complexity index is 1840. The monoisotopic (exact) mass is 755 g/mol. The molecule has 4 saturated heterocycles. The number of nitrogens with zero attached hydrogens (tertiary/aromatic N) is 8. The number of nitrogens with one attached hydrogen (secondary N) is 1. The number of hydrogen-bond donors (Lipinski definition) is 2. The fourth-order valence-electron chi connectivity index (χ4n) is 7.76. The number of carbonyl (C=O) groups is 3. The summed E-state index contributed by atoms with van der Waals surface area (Å²) in [6.07, 6.45) is 0.576. The first-order valence-electron chi connectivity index (χ1n) is 18.9. The van der Waals surface area contributed by atoms with E-state index in [1.165, 1.54) is 22.0 Å². The molecule has 4 fully saturated rings. The molecule has 4 amide bonds. The van der Waals surface area contributed by atoms with Crippen LogP contribution in [0, 0.1) is 5.82 Å². The molecule has 292 valence electrons. The molecule has 1 aromatic heterocycles. The number of aromatic hydroxyl groups is 1. The minimum atomic E-state index is -1.12. The summed E-state index contributed by atoms with van der Waals surface area (Å²) >= 11 is 0. The van der Waals surface area contributed by atoms with E-state index >= 15 is 4.39 Å². The average molecular weight is 756 g/mol. The number of hydrazine groups is 1. The summed E-state index contributed by atoms with van der Waals surface area (Å²) in [5, 5.41) is 16.0. The molecule has 4 aliphatic rings. The van der Waals surface area contributed by atoms with Crippen LogP contribution >= 0.6 is 0 Å². The number of fused-ring (bicyclic) bond motifs is 1. The van der Waals surface area contributed by atoms with Crippen LogP contribution in [-0.4, -0.2) is 155 Å². The van der Waals surface area contributed by atoms with Crippen LogP contribution in [0.4, 0.5) is 15.0 Å². The molecule has 3 aromatic rings. The van der Waals surface area contributed by atoms with E-state index in [0.717, 1.165) is 69.9 Å². The number of hydrogen-bond acceptors (Lipinski definition) is 10. The molecule has 14 nitrogen and oxygen atoms in total. The number of benzene rings is 2. The third kappa shape index (κ3) is 8.75. The third-order valence-corrected chi connectivity index (χ3v) is 10.9. The number of morpholine rings is 1. The molecule has 5 heterocycles. The Morgan fingerprint density at radius 2 is 1.85 bits per heavy atom. The van der Waals surface area contributed by atoms with Crippen LogP contribution in [-0.2, 0) is 33.8 Å². The highest BCUT2D eigenvalue weighted by Gasteiger charge is 2.51. The standard InChI is InChI=1S/C40H50FN9O5/c1-3-14-48-28-38(52)49-35(21-30-12-13-33(51)22-34(30)41)39(53)47(27-37(49)50(48)40(54)42-23-29-8-5-4-6-9-29)24-31-10-7-11-36(43-31)46-25-32(26-46)44(2)15-16-45-17-19-55-20-18-45/h3-13,22,32,35,37,51H,1,14-21,23-28H2,2H3,(H,42,54)/t35-,37-/m0/s1. The Morgan fingerprint density at radius 3 is 2.60 bits per heavy atom. The van der Waals surface area contributed by atoms with E-state index in [2.05, 4.69) is 33.6 Å². The Morgan fingerprint density at radius 1 is 1.07 bits per heavy atom. The van der Waals surface area contributed by atoms with Gasteiger partial charge in [-0.1, -0.05) is 48.5 Å². The minimum Gasteiger partial charge on any atom is -0.508 e. The number of halogens is 1. The summed E-state index contributed by atoms with van der Waals surface area (Å²) < 4.78 is 20.7. The highest BCUT2D eigenvalue weighted by molar-refractivity contribution is 5.91. The largest absolute Gasteiger partial charge is 0.508 e. The molecule has 7 rings (SSSR count). The lowest BCUT2D eigenvalue weighted by Gasteiger charge is -2.55. The normalized spacial score (nSPS) is 21.1. The summed E-state index contributed by atoms with van der Waals surface area (Å²) in [7, 11) is 2.16. The van der Waals surface area contributed by atoms with E-state index in [1.807, 2.05) is 48.5 Å². The molecule has 2 atom stereocenters. The second-order valence-electron chi connectivity index (χ2n) is 14.6. The zero-order valence-corrected chi connectivity index (χ0v) is 31.3. The number of aromatic nitrogens is 1. The number of piperazine rings is 1. The van der Waals surface area contributed by atoms with Crippen LogP contribution in [0.1, 0.15) is 16.8 Å². The Kier molecular flexibility index (Phi) is 11.9. The molecular weight excluding hydrogens is 705 g/mol. The maximum atomic E-state index is 15.2. The van der Waals surface area contributed by atoms with Gasteiger partial charge >= 0.3 is 6.03 Å². The van der Waals surface area contributed by atoms with Crippen molar-refractivity contribution in [2.24, 2.45) is 0 Å². The summed E-state index contributed by atoms with van der Waals surface area (Å²) in [4.78, 5) is 57.5. The molecule has 0 aliphatic carbocycles. The van der Waals surface area contributed by atoms with Gasteiger partial charge in [0.1, 0.15) is 29.6 Å². The van der Waals surface area contributed by atoms with E-state index in [0.29, 0.717) is 11.7 Å². The number of phenols is 1. The number of urea groups is 1. The number of carbonyl (C=O) groups excluding carboxylic acids is 3. The van der Waals surface area contributed by atoms with Crippen molar-refractivity contribution < 1.29 is 28.6 Å². The summed E-state index contributed by atoms with van der Waals surface area (Å²) in [5.74, 6) is -0.859. The molecule has 0 bridgehead atoms. The Hall–Kier alpha value is -5.09. The zero-order chi connectivity index (χ0) is 38.5. The zero-order valence-electron chi connectivity index (χ0n) is 31.3. The van der Waals surface area contributed by atoms with Crippen LogP contribution in [0.15, 0.2) is 79.4 Å². The quantitative estimate of drug-likeness (QED) is 0.251. The number of ether oxygens (including phenoxy) is 1. The first kappa shape index (κ1) is 38.2. The van der Waals surface area contributed by atoms with E-state index in [9.17, 15) is 19.5 Å². The van der Waals surface area contributed by atoms with E-state index in [-0.39, 0.29) is 62.3 Å². The predicted octanol–water partition coefficient (Wildman–Crippen LogP) is 2.12. The minimum absolute atomic E-state index is 0.0111. The lowest BCUT2D eigenvalue weighted by atomic mass is 9.98. The Labute approximate surface area is 321 Å². The molecule has 0 saturated carbocycles. The van der Waals surface area contributed by atoms with Gasteiger partial charge in [0.2, 0.25) is 11.8 Å². The first-order chi connectivity index (χ1) is 26.7. The number of likely N-dealkylation sites (N-methyl/N-ethyl adjacent to an activating group) is 1. The van der Waals surface area contributed by atoms with Crippen molar-refractivity contribution >= 4 is 23.7 Å². The highest BCUT2D eigenvalue weighted by Crippen LogP contribution is 2.31. The van der Waals surface area contributed by atoms with Crippen LogP contribution < -0.4 is 10.2 Å². The van der Waals surface area contributed by atoms with Gasteiger partial charge in [-0.25, -0.2) is 24.2 Å². The molecule has 4 aliphatic heterocycles. The number of phenolic OH excluding ortho intramolecular Hbond substituents is 1. The number of amides is 4. The second kappa shape index (κ2) is 17.1. The van der Waals surface area contributed by atoms with Crippen LogP contribution in [0.25, 0.3) is 0 Å². The number of pyridine rings is 1. The van der Waals surface area contributed by atoms with Crippen molar-refractivity contribution in [3.05, 3.63) is 102 Å². The van der Waals surface area contributed by atoms with Crippen molar-refractivity contribution in [3.63, 3.8) is 0 Å². The topological polar surface area (TPSA) is 128 Å². The Balaban J connectivity index is 1.10. The lowest BCUT2D eigenvalue weighted by Crippen LogP contribution is -2.76. The third-order valence-electron chi connectivity index (χ3n) is 10.9. The summed E-state index contributed by atoms with van der Waals surface area (Å²) in [5.41, 5.74) is 1.72. The van der Waals surface area contributed by atoms with Gasteiger partial charge in [0, 0.05) is 70.9 Å². The van der Waals surface area contributed by atoms with Gasteiger partial charge in [-0.05, 0) is 36.4 Å². The van der Waals surface area contributed by atoms with Crippen LogP contribution in [0.5, 0.6) is 5.75 Å². The van der Waals surface area contributed by atoms with Crippen LogP contribution in [0.2, 0.25) is 0 Å². The van der Waals surface area contributed by atoms with Crippen molar-refractivity contribution in [1.29, 1.82) is 0 Å². The molecule has 2 aromatic carbocycles. The van der Waals surface area contributed by atoms with Crippen LogP contribution in [0.3, 0.4) is 0 Å². The first-order valence-corrected chi connectivity index (χ1v) is 18.9. The van der Waals surface area contributed by atoms with Gasteiger partial charge in [0.25, 0.3) is 0 Å². The maximum absolute atomic E-state index is 15.2. The summed E-state index contributed by atoms with van der Waals surface area (Å²) in [6.45, 7) is 11.4. The van der Waals surface area contributed by atoms with Crippen molar-refractivity contribution in [1.82, 2.24) is 39.9 Å². The maximum Gasteiger partial charge on any atom is 0.334 e. The molecular formula is C40H50FN9O5. The van der Waals surface area contributed by atoms with Gasteiger partial charge in [-0.2, -0.15) is 0 Å². The average Bonchev–Trinajstić information content (AvgIpc) is 3.16. The second-order valence-corrected chi connectivity index (χ2v) is 14.6. The molecule has 0 unspecified atom stereocenters. The molecule has 2 N–H and O–H groups in total. The fourth-order valence-corrected chi connectivity index (χ4v) is 7.76. The highest BCUT2D eigenvalue weighted by atomic mass is 19.1. The van der Waals surface area contributed by atoms with Gasteiger partial charge < -0.3 is 29.9 Å². The van der Waals surface area contributed by atoms with E-state index in [1.54, 1.807) is 16.0 Å². The van der Waals surface area contributed by atoms with Gasteiger partial charge in [-0.3, -0.25) is 19.4 Å². The van der Waals surface area contributed by atoms with Gasteiger partial charge in [-0.15, -0.1) is 6.58 Å². The van der Waals surface area contributed by atoms with Crippen molar-refractivity contribution in [2.45, 2.75) is 37.8 Å². The van der Waals surface area contributed by atoms with E-state index in [4.69, 9.17) is 9.72 Å². The number of rotatable bonds is 13. The molecule has 55 heavy (non-hydrogen) atoms. The van der Waals surface area contributed by atoms with Crippen molar-refractivity contribution in [3.8, 4) is 5.75 Å².